The number of hydrogen-bond donors (Lipinski definition) is 1. The average molecular weight is 307 g/mol. The largest absolute Gasteiger partial charge is 0.406 e. The molecule has 2 atom stereocenters. The van der Waals surface area contributed by atoms with E-state index in [1.165, 1.54) is 0 Å². The maximum absolute atomic E-state index is 12.4. The number of halogens is 3. The molecule has 0 aromatic rings. The van der Waals surface area contributed by atoms with Crippen molar-refractivity contribution in [3.8, 4) is 0 Å². The van der Waals surface area contributed by atoms with E-state index in [2.05, 4.69) is 0 Å². The van der Waals surface area contributed by atoms with Crippen molar-refractivity contribution in [2.75, 3.05) is 26.2 Å². The number of carbonyl (C=O) groups is 2. The summed E-state index contributed by atoms with van der Waals surface area (Å²) >= 11 is 0. The third kappa shape index (κ3) is 3.87. The van der Waals surface area contributed by atoms with Crippen LogP contribution in [0.4, 0.5) is 13.2 Å². The number of likely N-dealkylation sites (tertiary alicyclic amines) is 2. The molecular weight excluding hydrogens is 287 g/mol. The summed E-state index contributed by atoms with van der Waals surface area (Å²) in [6, 6.07) is -0.0574. The minimum Gasteiger partial charge on any atom is -0.338 e. The molecule has 5 nitrogen and oxygen atoms in total. The second-order valence-corrected chi connectivity index (χ2v) is 5.71. The van der Waals surface area contributed by atoms with Crippen molar-refractivity contribution >= 4 is 11.8 Å². The van der Waals surface area contributed by atoms with E-state index in [4.69, 9.17) is 5.73 Å². The van der Waals surface area contributed by atoms with Crippen LogP contribution in [0.15, 0.2) is 0 Å². The first-order valence-electron chi connectivity index (χ1n) is 7.17. The molecule has 2 fully saturated rings. The molecule has 0 spiro atoms. The minimum absolute atomic E-state index is 0.0574. The molecule has 2 saturated heterocycles. The van der Waals surface area contributed by atoms with Crippen LogP contribution in [-0.4, -0.2) is 60.0 Å². The van der Waals surface area contributed by atoms with Gasteiger partial charge in [0.25, 0.3) is 0 Å². The van der Waals surface area contributed by atoms with Crippen molar-refractivity contribution in [1.29, 1.82) is 0 Å². The third-order valence-electron chi connectivity index (χ3n) is 4.12. The van der Waals surface area contributed by atoms with Crippen molar-refractivity contribution in [2.45, 2.75) is 37.9 Å². The van der Waals surface area contributed by atoms with E-state index < -0.39 is 24.5 Å². The lowest BCUT2D eigenvalue weighted by atomic mass is 9.98. The Morgan fingerprint density at radius 1 is 1.33 bits per heavy atom. The highest BCUT2D eigenvalue weighted by atomic mass is 19.4. The zero-order valence-electron chi connectivity index (χ0n) is 11.7. The van der Waals surface area contributed by atoms with Gasteiger partial charge >= 0.3 is 6.18 Å². The quantitative estimate of drug-likeness (QED) is 0.836. The van der Waals surface area contributed by atoms with Crippen LogP contribution in [-0.2, 0) is 9.59 Å². The molecule has 120 valence electrons. The number of amides is 2. The lowest BCUT2D eigenvalue weighted by molar-refractivity contribution is -0.157. The molecule has 0 bridgehead atoms. The molecule has 0 saturated carbocycles. The van der Waals surface area contributed by atoms with Crippen molar-refractivity contribution in [2.24, 2.45) is 11.7 Å². The van der Waals surface area contributed by atoms with Gasteiger partial charge in [-0.05, 0) is 19.3 Å². The van der Waals surface area contributed by atoms with Crippen molar-refractivity contribution < 1.29 is 22.8 Å². The Kier molecular flexibility index (Phi) is 4.75. The average Bonchev–Trinajstić information content (AvgIpc) is 2.77. The maximum atomic E-state index is 12.4. The van der Waals surface area contributed by atoms with Gasteiger partial charge in [0.2, 0.25) is 11.8 Å². The highest BCUT2D eigenvalue weighted by Crippen LogP contribution is 2.27. The lowest BCUT2D eigenvalue weighted by Crippen LogP contribution is -2.50. The number of rotatable bonds is 3. The van der Waals surface area contributed by atoms with Gasteiger partial charge in [-0.15, -0.1) is 0 Å². The monoisotopic (exact) mass is 307 g/mol. The number of alkyl halides is 3. The summed E-state index contributed by atoms with van der Waals surface area (Å²) in [7, 11) is 0. The molecule has 2 N–H and O–H groups in total. The molecule has 0 aliphatic carbocycles. The SMILES string of the molecule is NCC1CCCCN1C(=O)C1CC(=O)N(CC(F)(F)F)C1. The molecule has 8 heteroatoms. The molecule has 0 aromatic carbocycles. The lowest BCUT2D eigenvalue weighted by Gasteiger charge is -2.36. The Labute approximate surface area is 121 Å². The molecule has 2 amide bonds. The molecule has 2 aliphatic heterocycles. The molecule has 0 aromatic heterocycles. The smallest absolute Gasteiger partial charge is 0.338 e. The summed E-state index contributed by atoms with van der Waals surface area (Å²) in [4.78, 5) is 26.4. The van der Waals surface area contributed by atoms with Crippen LogP contribution in [0.2, 0.25) is 0 Å². The number of nitrogens with zero attached hydrogens (tertiary/aromatic N) is 2. The van der Waals surface area contributed by atoms with Crippen molar-refractivity contribution in [3.05, 3.63) is 0 Å². The first kappa shape index (κ1) is 16.1. The highest BCUT2D eigenvalue weighted by molar-refractivity contribution is 5.89. The topological polar surface area (TPSA) is 66.6 Å². The molecule has 21 heavy (non-hydrogen) atoms. The molecule has 2 rings (SSSR count). The normalized spacial score (nSPS) is 27.3. The van der Waals surface area contributed by atoms with Crippen LogP contribution in [0.25, 0.3) is 0 Å². The molecule has 2 aliphatic rings. The van der Waals surface area contributed by atoms with Gasteiger partial charge in [-0.25, -0.2) is 0 Å². The predicted molar refractivity (Wildman–Crippen MR) is 69.1 cm³/mol. The Morgan fingerprint density at radius 2 is 2.05 bits per heavy atom. The van der Waals surface area contributed by atoms with Gasteiger partial charge in [0, 0.05) is 32.1 Å². The van der Waals surface area contributed by atoms with Crippen molar-refractivity contribution in [3.63, 3.8) is 0 Å². The fourth-order valence-corrected chi connectivity index (χ4v) is 3.08. The van der Waals surface area contributed by atoms with Crippen LogP contribution in [0.5, 0.6) is 0 Å². The van der Waals surface area contributed by atoms with Gasteiger partial charge in [0.15, 0.2) is 0 Å². The molecular formula is C13H20F3N3O2. The highest BCUT2D eigenvalue weighted by Gasteiger charge is 2.42. The van der Waals surface area contributed by atoms with Crippen LogP contribution in [0.3, 0.4) is 0 Å². The number of piperidine rings is 1. The first-order chi connectivity index (χ1) is 9.81. The Bertz CT molecular complexity index is 414. The van der Waals surface area contributed by atoms with E-state index in [0.29, 0.717) is 13.1 Å². The van der Waals surface area contributed by atoms with Gasteiger partial charge in [-0.1, -0.05) is 0 Å². The second kappa shape index (κ2) is 6.21. The fraction of sp³-hybridized carbons (Fsp3) is 0.846. The van der Waals surface area contributed by atoms with Crippen LogP contribution in [0.1, 0.15) is 25.7 Å². The molecule has 2 unspecified atom stereocenters. The van der Waals surface area contributed by atoms with E-state index in [1.807, 2.05) is 0 Å². The van der Waals surface area contributed by atoms with Gasteiger partial charge in [0.05, 0.1) is 5.92 Å². The zero-order valence-corrected chi connectivity index (χ0v) is 11.7. The maximum Gasteiger partial charge on any atom is 0.406 e. The minimum atomic E-state index is -4.43. The van der Waals surface area contributed by atoms with Gasteiger partial charge in [-0.2, -0.15) is 13.2 Å². The predicted octanol–water partition coefficient (Wildman–Crippen LogP) is 0.737. The van der Waals surface area contributed by atoms with Gasteiger partial charge in [-0.3, -0.25) is 9.59 Å². The van der Waals surface area contributed by atoms with E-state index in [0.717, 1.165) is 24.2 Å². The number of nitrogens with two attached hydrogens (primary N) is 1. The Balaban J connectivity index is 1.99. The number of carbonyl (C=O) groups excluding carboxylic acids is 2. The Hall–Kier alpha value is -1.31. The molecule has 0 radical (unpaired) electrons. The summed E-state index contributed by atoms with van der Waals surface area (Å²) < 4.78 is 37.1. The summed E-state index contributed by atoms with van der Waals surface area (Å²) in [5.41, 5.74) is 5.65. The van der Waals surface area contributed by atoms with Gasteiger partial charge in [0.1, 0.15) is 6.54 Å². The number of hydrogen-bond acceptors (Lipinski definition) is 3. The molecule has 2 heterocycles. The van der Waals surface area contributed by atoms with E-state index >= 15 is 0 Å². The fourth-order valence-electron chi connectivity index (χ4n) is 3.08. The first-order valence-corrected chi connectivity index (χ1v) is 7.17. The van der Waals surface area contributed by atoms with Crippen molar-refractivity contribution in [1.82, 2.24) is 9.80 Å². The summed E-state index contributed by atoms with van der Waals surface area (Å²) in [5.74, 6) is -1.51. The van der Waals surface area contributed by atoms with Crippen LogP contribution < -0.4 is 5.73 Å². The Morgan fingerprint density at radius 3 is 2.67 bits per heavy atom. The standard InChI is InChI=1S/C13H20F3N3O2/c14-13(15,16)8-18-7-9(5-11(18)20)12(21)19-4-2-1-3-10(19)6-17/h9-10H,1-8,17H2. The van der Waals surface area contributed by atoms with Crippen LogP contribution in [0, 0.1) is 5.92 Å². The summed E-state index contributed by atoms with van der Waals surface area (Å²) in [6.45, 7) is -0.510. The second-order valence-electron chi connectivity index (χ2n) is 5.71. The summed E-state index contributed by atoms with van der Waals surface area (Å²) in [6.07, 6.45) is -1.89. The van der Waals surface area contributed by atoms with E-state index in [-0.39, 0.29) is 24.9 Å². The van der Waals surface area contributed by atoms with E-state index in [1.54, 1.807) is 4.90 Å². The van der Waals surface area contributed by atoms with Crippen LogP contribution >= 0.6 is 0 Å². The van der Waals surface area contributed by atoms with Gasteiger partial charge < -0.3 is 15.5 Å². The zero-order chi connectivity index (χ0) is 15.6. The van der Waals surface area contributed by atoms with E-state index in [9.17, 15) is 22.8 Å². The third-order valence-corrected chi connectivity index (χ3v) is 4.12. The summed E-state index contributed by atoms with van der Waals surface area (Å²) in [5, 5.41) is 0.